The number of benzene rings is 1. The fourth-order valence-electron chi connectivity index (χ4n) is 1.53. The lowest BCUT2D eigenvalue weighted by atomic mass is 10.0. The van der Waals surface area contributed by atoms with Gasteiger partial charge in [0.15, 0.2) is 5.78 Å². The van der Waals surface area contributed by atoms with Gasteiger partial charge in [-0.3, -0.25) is 9.48 Å². The predicted molar refractivity (Wildman–Crippen MR) is 65.5 cm³/mol. The van der Waals surface area contributed by atoms with Gasteiger partial charge in [0.05, 0.1) is 11.8 Å². The standard InChI is InChI=1S/C12H11BrN2O/c1-8-3-4-10(13)5-11(8)12(16)9-6-14-15(2)7-9/h3-7H,1-2H3. The van der Waals surface area contributed by atoms with Crippen LogP contribution in [0.25, 0.3) is 0 Å². The van der Waals surface area contributed by atoms with Crippen molar-refractivity contribution in [3.63, 3.8) is 0 Å². The molecule has 16 heavy (non-hydrogen) atoms. The minimum absolute atomic E-state index is 0.00639. The van der Waals surface area contributed by atoms with Crippen LogP contribution in [-0.4, -0.2) is 15.6 Å². The lowest BCUT2D eigenvalue weighted by Gasteiger charge is -2.03. The molecule has 3 nitrogen and oxygen atoms in total. The van der Waals surface area contributed by atoms with Crippen LogP contribution in [0.2, 0.25) is 0 Å². The van der Waals surface area contributed by atoms with Gasteiger partial charge < -0.3 is 0 Å². The van der Waals surface area contributed by atoms with E-state index in [9.17, 15) is 4.79 Å². The third-order valence-corrected chi connectivity index (χ3v) is 2.90. The van der Waals surface area contributed by atoms with E-state index in [0.717, 1.165) is 10.0 Å². The van der Waals surface area contributed by atoms with Gasteiger partial charge in [-0.2, -0.15) is 5.10 Å². The van der Waals surface area contributed by atoms with Gasteiger partial charge in [-0.05, 0) is 24.6 Å². The molecule has 0 aliphatic carbocycles. The van der Waals surface area contributed by atoms with Crippen molar-refractivity contribution in [1.82, 2.24) is 9.78 Å². The van der Waals surface area contributed by atoms with Crippen LogP contribution in [0.4, 0.5) is 0 Å². The Hall–Kier alpha value is -1.42. The second-order valence-corrected chi connectivity index (χ2v) is 4.61. The summed E-state index contributed by atoms with van der Waals surface area (Å²) >= 11 is 3.37. The number of hydrogen-bond acceptors (Lipinski definition) is 2. The number of rotatable bonds is 2. The molecule has 0 N–H and O–H groups in total. The van der Waals surface area contributed by atoms with Crippen LogP contribution >= 0.6 is 15.9 Å². The van der Waals surface area contributed by atoms with Crippen LogP contribution in [0.5, 0.6) is 0 Å². The molecule has 2 aromatic rings. The second kappa shape index (κ2) is 4.22. The summed E-state index contributed by atoms with van der Waals surface area (Å²) in [6, 6.07) is 5.69. The van der Waals surface area contributed by atoms with Crippen molar-refractivity contribution in [3.05, 3.63) is 51.8 Å². The average molecular weight is 279 g/mol. The first-order valence-electron chi connectivity index (χ1n) is 4.87. The zero-order valence-electron chi connectivity index (χ0n) is 9.07. The highest BCUT2D eigenvalue weighted by atomic mass is 79.9. The molecule has 4 heteroatoms. The molecule has 0 bridgehead atoms. The zero-order chi connectivity index (χ0) is 11.7. The monoisotopic (exact) mass is 278 g/mol. The van der Waals surface area contributed by atoms with Crippen LogP contribution < -0.4 is 0 Å². The minimum atomic E-state index is 0.00639. The van der Waals surface area contributed by atoms with Crippen LogP contribution in [0, 0.1) is 6.92 Å². The molecule has 0 fully saturated rings. The highest BCUT2D eigenvalue weighted by molar-refractivity contribution is 9.10. The van der Waals surface area contributed by atoms with Crippen molar-refractivity contribution >= 4 is 21.7 Å². The van der Waals surface area contributed by atoms with Gasteiger partial charge in [0, 0.05) is 23.3 Å². The number of carbonyl (C=O) groups is 1. The Labute approximate surface area is 102 Å². The van der Waals surface area contributed by atoms with Gasteiger partial charge in [-0.25, -0.2) is 0 Å². The molecule has 0 saturated heterocycles. The maximum absolute atomic E-state index is 12.2. The van der Waals surface area contributed by atoms with E-state index in [0.29, 0.717) is 11.1 Å². The first-order chi connectivity index (χ1) is 7.58. The van der Waals surface area contributed by atoms with Crippen molar-refractivity contribution in [1.29, 1.82) is 0 Å². The molecule has 0 spiro atoms. The number of ketones is 1. The van der Waals surface area contributed by atoms with Crippen molar-refractivity contribution in [2.75, 3.05) is 0 Å². The smallest absolute Gasteiger partial charge is 0.196 e. The molecule has 2 rings (SSSR count). The van der Waals surface area contributed by atoms with E-state index in [-0.39, 0.29) is 5.78 Å². The molecule has 0 aliphatic rings. The van der Waals surface area contributed by atoms with Gasteiger partial charge in [-0.1, -0.05) is 22.0 Å². The van der Waals surface area contributed by atoms with E-state index < -0.39 is 0 Å². The maximum atomic E-state index is 12.2. The number of halogens is 1. The summed E-state index contributed by atoms with van der Waals surface area (Å²) < 4.78 is 2.53. The molecule has 0 atom stereocenters. The molecule has 82 valence electrons. The summed E-state index contributed by atoms with van der Waals surface area (Å²) in [6.07, 6.45) is 3.31. The molecule has 0 aliphatic heterocycles. The van der Waals surface area contributed by atoms with Crippen molar-refractivity contribution < 1.29 is 4.79 Å². The first-order valence-corrected chi connectivity index (χ1v) is 5.67. The van der Waals surface area contributed by atoms with Crippen molar-refractivity contribution in [2.24, 2.45) is 7.05 Å². The molecular formula is C12H11BrN2O. The quantitative estimate of drug-likeness (QED) is 0.792. The first kappa shape index (κ1) is 11.1. The van der Waals surface area contributed by atoms with Crippen molar-refractivity contribution in [2.45, 2.75) is 6.92 Å². The number of hydrogen-bond donors (Lipinski definition) is 0. The molecule has 1 aromatic carbocycles. The van der Waals surface area contributed by atoms with Crippen LogP contribution in [0.15, 0.2) is 35.1 Å². The summed E-state index contributed by atoms with van der Waals surface area (Å²) in [5.74, 6) is 0.00639. The van der Waals surface area contributed by atoms with Crippen LogP contribution in [0.1, 0.15) is 21.5 Å². The zero-order valence-corrected chi connectivity index (χ0v) is 10.7. The van der Waals surface area contributed by atoms with E-state index >= 15 is 0 Å². The van der Waals surface area contributed by atoms with Crippen LogP contribution in [-0.2, 0) is 7.05 Å². The van der Waals surface area contributed by atoms with Gasteiger partial charge >= 0.3 is 0 Å². The maximum Gasteiger partial charge on any atom is 0.196 e. The minimum Gasteiger partial charge on any atom is -0.288 e. The summed E-state index contributed by atoms with van der Waals surface area (Å²) in [7, 11) is 1.80. The summed E-state index contributed by atoms with van der Waals surface area (Å²) in [5, 5.41) is 4.00. The molecule has 1 heterocycles. The number of nitrogens with zero attached hydrogens (tertiary/aromatic N) is 2. The van der Waals surface area contributed by atoms with E-state index in [1.807, 2.05) is 25.1 Å². The lowest BCUT2D eigenvalue weighted by Crippen LogP contribution is -2.02. The highest BCUT2D eigenvalue weighted by Crippen LogP contribution is 2.19. The average Bonchev–Trinajstić information content (AvgIpc) is 2.67. The Balaban J connectivity index is 2.45. The largest absolute Gasteiger partial charge is 0.288 e. The summed E-state index contributed by atoms with van der Waals surface area (Å²) in [6.45, 7) is 1.93. The lowest BCUT2D eigenvalue weighted by molar-refractivity contribution is 0.103. The summed E-state index contributed by atoms with van der Waals surface area (Å²) in [5.41, 5.74) is 2.29. The van der Waals surface area contributed by atoms with Gasteiger partial charge in [0.1, 0.15) is 0 Å². The van der Waals surface area contributed by atoms with Gasteiger partial charge in [0.2, 0.25) is 0 Å². The van der Waals surface area contributed by atoms with E-state index in [1.54, 1.807) is 24.1 Å². The van der Waals surface area contributed by atoms with Crippen molar-refractivity contribution in [3.8, 4) is 0 Å². The number of aryl methyl sites for hydroxylation is 2. The second-order valence-electron chi connectivity index (χ2n) is 3.69. The van der Waals surface area contributed by atoms with Gasteiger partial charge in [0.25, 0.3) is 0 Å². The Bertz CT molecular complexity index is 546. The predicted octanol–water partition coefficient (Wildman–Crippen LogP) is 2.72. The van der Waals surface area contributed by atoms with E-state index in [2.05, 4.69) is 21.0 Å². The highest BCUT2D eigenvalue weighted by Gasteiger charge is 2.13. The summed E-state index contributed by atoms with van der Waals surface area (Å²) in [4.78, 5) is 12.2. The Morgan fingerprint density at radius 1 is 1.44 bits per heavy atom. The third-order valence-electron chi connectivity index (χ3n) is 2.41. The fraction of sp³-hybridized carbons (Fsp3) is 0.167. The molecule has 0 radical (unpaired) electrons. The molecule has 0 amide bonds. The third kappa shape index (κ3) is 2.07. The Morgan fingerprint density at radius 2 is 2.19 bits per heavy atom. The van der Waals surface area contributed by atoms with Crippen LogP contribution in [0.3, 0.4) is 0 Å². The number of aromatic nitrogens is 2. The molecule has 0 unspecified atom stereocenters. The molecule has 0 saturated carbocycles. The normalized spacial score (nSPS) is 10.4. The number of carbonyl (C=O) groups excluding carboxylic acids is 1. The fourth-order valence-corrected chi connectivity index (χ4v) is 1.89. The SMILES string of the molecule is Cc1ccc(Br)cc1C(=O)c1cnn(C)c1. The topological polar surface area (TPSA) is 34.9 Å². The van der Waals surface area contributed by atoms with E-state index in [1.165, 1.54) is 0 Å². The Kier molecular flexibility index (Phi) is 2.92. The molecular weight excluding hydrogens is 268 g/mol. The van der Waals surface area contributed by atoms with Gasteiger partial charge in [-0.15, -0.1) is 0 Å². The van der Waals surface area contributed by atoms with E-state index in [4.69, 9.17) is 0 Å². The Morgan fingerprint density at radius 3 is 2.81 bits per heavy atom. The molecule has 1 aromatic heterocycles.